The van der Waals surface area contributed by atoms with E-state index in [0.717, 1.165) is 19.3 Å². The molecule has 23 heavy (non-hydrogen) atoms. The predicted molar refractivity (Wildman–Crippen MR) is 90.9 cm³/mol. The lowest BCUT2D eigenvalue weighted by Crippen LogP contribution is -2.34. The van der Waals surface area contributed by atoms with Gasteiger partial charge in [-0.2, -0.15) is 0 Å². The van der Waals surface area contributed by atoms with Crippen LogP contribution in [0.25, 0.3) is 0 Å². The van der Waals surface area contributed by atoms with E-state index in [1.165, 1.54) is 25.7 Å². The zero-order chi connectivity index (χ0) is 16.9. The molecule has 1 aliphatic carbocycles. The van der Waals surface area contributed by atoms with Crippen LogP contribution in [0.15, 0.2) is 12.2 Å². The fourth-order valence-electron chi connectivity index (χ4n) is 2.81. The molecule has 0 saturated heterocycles. The number of hydrogen-bond acceptors (Lipinski definition) is 4. The van der Waals surface area contributed by atoms with Gasteiger partial charge in [-0.05, 0) is 25.7 Å². The lowest BCUT2D eigenvalue weighted by molar-refractivity contribution is -0.161. The van der Waals surface area contributed by atoms with Crippen molar-refractivity contribution >= 4 is 11.9 Å². The van der Waals surface area contributed by atoms with Crippen LogP contribution in [0.4, 0.5) is 0 Å². The van der Waals surface area contributed by atoms with Crippen molar-refractivity contribution in [3.63, 3.8) is 0 Å². The number of ether oxygens (including phenoxy) is 2. The number of allylic oxidation sites excluding steroid dienone is 2. The van der Waals surface area contributed by atoms with Crippen molar-refractivity contribution in [2.24, 2.45) is 11.8 Å². The fourth-order valence-corrected chi connectivity index (χ4v) is 2.81. The van der Waals surface area contributed by atoms with Crippen LogP contribution >= 0.6 is 0 Å². The molecule has 4 heteroatoms. The first-order valence-corrected chi connectivity index (χ1v) is 9.19. The molecule has 0 radical (unpaired) electrons. The number of hydrogen-bond donors (Lipinski definition) is 0. The Morgan fingerprint density at radius 2 is 1.30 bits per heavy atom. The van der Waals surface area contributed by atoms with E-state index in [4.69, 9.17) is 9.47 Å². The summed E-state index contributed by atoms with van der Waals surface area (Å²) in [5, 5.41) is 0. The molecule has 0 bridgehead atoms. The highest BCUT2D eigenvalue weighted by Crippen LogP contribution is 2.28. The summed E-state index contributed by atoms with van der Waals surface area (Å²) in [6, 6.07) is 0. The first-order chi connectivity index (χ1) is 11.2. The number of carbonyl (C=O) groups excluding carboxylic acids is 2. The van der Waals surface area contributed by atoms with Crippen molar-refractivity contribution < 1.29 is 19.1 Å². The standard InChI is InChI=1S/C19H32O4/c1-3-5-6-7-8-11-15-23-19(21)17-13-10-9-12-16(17)18(20)22-14-4-2/h9-10,16-17H,3-8,11-15H2,1-2H3. The summed E-state index contributed by atoms with van der Waals surface area (Å²) in [6.07, 6.45) is 12.8. The summed E-state index contributed by atoms with van der Waals surface area (Å²) in [4.78, 5) is 24.3. The molecule has 0 amide bonds. The Morgan fingerprint density at radius 1 is 0.783 bits per heavy atom. The van der Waals surface area contributed by atoms with Crippen LogP contribution in [-0.4, -0.2) is 25.2 Å². The van der Waals surface area contributed by atoms with Gasteiger partial charge in [-0.1, -0.05) is 58.1 Å². The summed E-state index contributed by atoms with van der Waals surface area (Å²) in [5.41, 5.74) is 0. The van der Waals surface area contributed by atoms with Crippen molar-refractivity contribution in [3.05, 3.63) is 12.2 Å². The summed E-state index contributed by atoms with van der Waals surface area (Å²) < 4.78 is 10.6. The quantitative estimate of drug-likeness (QED) is 0.320. The van der Waals surface area contributed by atoms with E-state index in [1.54, 1.807) is 0 Å². The molecule has 132 valence electrons. The Balaban J connectivity index is 2.31. The molecular weight excluding hydrogens is 292 g/mol. The molecule has 0 heterocycles. The maximum atomic E-state index is 12.3. The Morgan fingerprint density at radius 3 is 1.87 bits per heavy atom. The van der Waals surface area contributed by atoms with Crippen LogP contribution in [0.1, 0.15) is 71.6 Å². The third kappa shape index (κ3) is 7.67. The largest absolute Gasteiger partial charge is 0.465 e. The van der Waals surface area contributed by atoms with Crippen molar-refractivity contribution in [2.45, 2.75) is 71.6 Å². The fraction of sp³-hybridized carbons (Fsp3) is 0.789. The monoisotopic (exact) mass is 324 g/mol. The minimum Gasteiger partial charge on any atom is -0.465 e. The summed E-state index contributed by atoms with van der Waals surface area (Å²) in [5.74, 6) is -1.29. The highest BCUT2D eigenvalue weighted by Gasteiger charge is 2.36. The molecule has 2 atom stereocenters. The third-order valence-corrected chi connectivity index (χ3v) is 4.23. The first-order valence-electron chi connectivity index (χ1n) is 9.19. The smallest absolute Gasteiger partial charge is 0.310 e. The number of esters is 2. The van der Waals surface area contributed by atoms with Crippen LogP contribution in [0, 0.1) is 11.8 Å². The lowest BCUT2D eigenvalue weighted by atomic mass is 9.83. The lowest BCUT2D eigenvalue weighted by Gasteiger charge is -2.25. The SMILES string of the molecule is CCCCCCCCOC(=O)C1CC=CCC1C(=O)OCCC. The average Bonchev–Trinajstić information content (AvgIpc) is 2.58. The minimum absolute atomic E-state index is 0.249. The van der Waals surface area contributed by atoms with E-state index in [-0.39, 0.29) is 23.8 Å². The normalized spacial score (nSPS) is 20.3. The zero-order valence-corrected chi connectivity index (χ0v) is 14.7. The second kappa shape index (κ2) is 12.1. The molecule has 0 aromatic rings. The molecule has 1 aliphatic rings. The van der Waals surface area contributed by atoms with E-state index >= 15 is 0 Å². The van der Waals surface area contributed by atoms with Gasteiger partial charge in [-0.25, -0.2) is 0 Å². The van der Waals surface area contributed by atoms with Gasteiger partial charge >= 0.3 is 11.9 Å². The van der Waals surface area contributed by atoms with Gasteiger partial charge in [0.15, 0.2) is 0 Å². The Kier molecular flexibility index (Phi) is 10.4. The Bertz CT molecular complexity index is 376. The van der Waals surface area contributed by atoms with Crippen molar-refractivity contribution in [1.29, 1.82) is 0 Å². The number of rotatable bonds is 11. The third-order valence-electron chi connectivity index (χ3n) is 4.23. The molecule has 0 N–H and O–H groups in total. The Labute approximate surface area is 140 Å². The minimum atomic E-state index is -0.386. The van der Waals surface area contributed by atoms with Gasteiger partial charge in [0, 0.05) is 0 Å². The summed E-state index contributed by atoms with van der Waals surface area (Å²) >= 11 is 0. The zero-order valence-electron chi connectivity index (χ0n) is 14.7. The van der Waals surface area contributed by atoms with E-state index in [1.807, 2.05) is 19.1 Å². The van der Waals surface area contributed by atoms with Gasteiger partial charge in [0.05, 0.1) is 25.0 Å². The average molecular weight is 324 g/mol. The molecular formula is C19H32O4. The second-order valence-electron chi connectivity index (χ2n) is 6.26. The van der Waals surface area contributed by atoms with Gasteiger partial charge in [-0.3, -0.25) is 9.59 Å². The topological polar surface area (TPSA) is 52.6 Å². The summed E-state index contributed by atoms with van der Waals surface area (Å²) in [7, 11) is 0. The predicted octanol–water partition coefficient (Wildman–Crippen LogP) is 4.43. The highest BCUT2D eigenvalue weighted by molar-refractivity contribution is 5.82. The van der Waals surface area contributed by atoms with Crippen LogP contribution in [-0.2, 0) is 19.1 Å². The van der Waals surface area contributed by atoms with Gasteiger partial charge in [-0.15, -0.1) is 0 Å². The van der Waals surface area contributed by atoms with E-state index in [9.17, 15) is 9.59 Å². The van der Waals surface area contributed by atoms with Crippen molar-refractivity contribution in [3.8, 4) is 0 Å². The first kappa shape index (κ1) is 19.7. The van der Waals surface area contributed by atoms with Gasteiger partial charge in [0.2, 0.25) is 0 Å². The molecule has 0 spiro atoms. The molecule has 4 nitrogen and oxygen atoms in total. The molecule has 1 rings (SSSR count). The van der Waals surface area contributed by atoms with E-state index in [0.29, 0.717) is 26.1 Å². The molecule has 0 aliphatic heterocycles. The second-order valence-corrected chi connectivity index (χ2v) is 6.26. The Hall–Kier alpha value is -1.32. The summed E-state index contributed by atoms with van der Waals surface area (Å²) in [6.45, 7) is 5.03. The maximum absolute atomic E-state index is 12.3. The van der Waals surface area contributed by atoms with Crippen LogP contribution in [0.5, 0.6) is 0 Å². The molecule has 0 aromatic carbocycles. The number of unbranched alkanes of at least 4 members (excludes halogenated alkanes) is 5. The molecule has 0 aromatic heterocycles. The molecule has 0 fully saturated rings. The van der Waals surface area contributed by atoms with E-state index in [2.05, 4.69) is 6.92 Å². The van der Waals surface area contributed by atoms with Crippen LogP contribution in [0.3, 0.4) is 0 Å². The molecule has 0 saturated carbocycles. The highest BCUT2D eigenvalue weighted by atomic mass is 16.5. The van der Waals surface area contributed by atoms with Crippen molar-refractivity contribution in [2.75, 3.05) is 13.2 Å². The van der Waals surface area contributed by atoms with E-state index < -0.39 is 0 Å². The van der Waals surface area contributed by atoms with Gasteiger partial charge in [0.25, 0.3) is 0 Å². The maximum Gasteiger partial charge on any atom is 0.310 e. The van der Waals surface area contributed by atoms with Crippen LogP contribution < -0.4 is 0 Å². The van der Waals surface area contributed by atoms with Crippen LogP contribution in [0.2, 0.25) is 0 Å². The molecule has 2 unspecified atom stereocenters. The number of carbonyl (C=O) groups is 2. The van der Waals surface area contributed by atoms with Gasteiger partial charge < -0.3 is 9.47 Å². The van der Waals surface area contributed by atoms with Gasteiger partial charge in [0.1, 0.15) is 0 Å². The van der Waals surface area contributed by atoms with Crippen molar-refractivity contribution in [1.82, 2.24) is 0 Å².